The van der Waals surface area contributed by atoms with Crippen LogP contribution in [0.2, 0.25) is 0 Å². The van der Waals surface area contributed by atoms with Gasteiger partial charge in [-0.25, -0.2) is 4.98 Å². The van der Waals surface area contributed by atoms with E-state index in [0.29, 0.717) is 5.92 Å². The number of hydrogen-bond acceptors (Lipinski definition) is 2. The molecule has 0 saturated carbocycles. The van der Waals surface area contributed by atoms with Gasteiger partial charge < -0.3 is 0 Å². The zero-order valence-corrected chi connectivity index (χ0v) is 17.5. The van der Waals surface area contributed by atoms with Gasteiger partial charge in [0.05, 0.1) is 10.2 Å². The molecule has 1 aromatic heterocycles. The maximum absolute atomic E-state index is 5.03. The Hall–Kier alpha value is -2.71. The molecule has 0 unspecified atom stereocenters. The van der Waals surface area contributed by atoms with E-state index in [9.17, 15) is 0 Å². The Kier molecular flexibility index (Phi) is 5.40. The van der Waals surface area contributed by atoms with E-state index in [4.69, 9.17) is 4.98 Å². The van der Waals surface area contributed by atoms with Crippen LogP contribution in [0.4, 0.5) is 0 Å². The molecule has 0 atom stereocenters. The van der Waals surface area contributed by atoms with Gasteiger partial charge in [-0.15, -0.1) is 11.3 Å². The fourth-order valence-electron chi connectivity index (χ4n) is 3.39. The summed E-state index contributed by atoms with van der Waals surface area (Å²) in [6.45, 7) is 6.72. The normalized spacial score (nSPS) is 18.1. The van der Waals surface area contributed by atoms with Crippen molar-refractivity contribution in [2.75, 3.05) is 0 Å². The summed E-state index contributed by atoms with van der Waals surface area (Å²) in [5.41, 5.74) is 7.57. The van der Waals surface area contributed by atoms with E-state index in [0.717, 1.165) is 16.9 Å². The molecule has 2 aromatic carbocycles. The first-order valence-electron chi connectivity index (χ1n) is 9.83. The number of benzene rings is 2. The molecule has 1 heterocycles. The lowest BCUT2D eigenvalue weighted by atomic mass is 9.95. The predicted molar refractivity (Wildman–Crippen MR) is 124 cm³/mol. The minimum Gasteiger partial charge on any atom is -0.236 e. The molecule has 0 fully saturated rings. The van der Waals surface area contributed by atoms with Crippen LogP contribution in [0.5, 0.6) is 0 Å². The van der Waals surface area contributed by atoms with E-state index >= 15 is 0 Å². The molecule has 1 aliphatic carbocycles. The van der Waals surface area contributed by atoms with Gasteiger partial charge in [0.2, 0.25) is 0 Å². The number of allylic oxidation sites excluding steroid dienone is 7. The van der Waals surface area contributed by atoms with E-state index in [1.807, 2.05) is 6.07 Å². The molecule has 2 heteroatoms. The molecule has 1 nitrogen and oxygen atoms in total. The lowest BCUT2D eigenvalue weighted by Gasteiger charge is -2.10. The second-order valence-corrected chi connectivity index (χ2v) is 8.51. The summed E-state index contributed by atoms with van der Waals surface area (Å²) in [6, 6.07) is 14.9. The minimum absolute atomic E-state index is 0.533. The average Bonchev–Trinajstić information content (AvgIpc) is 3.16. The summed E-state index contributed by atoms with van der Waals surface area (Å²) in [5.74, 6) is 0.533. The first-order chi connectivity index (χ1) is 13.6. The quantitative estimate of drug-likeness (QED) is 0.443. The van der Waals surface area contributed by atoms with E-state index in [1.54, 1.807) is 11.3 Å². The van der Waals surface area contributed by atoms with Gasteiger partial charge in [0.25, 0.3) is 0 Å². The third-order valence-electron chi connectivity index (χ3n) is 5.33. The van der Waals surface area contributed by atoms with Crippen LogP contribution in [0.25, 0.3) is 26.9 Å². The van der Waals surface area contributed by atoms with Crippen molar-refractivity contribution in [3.05, 3.63) is 95.1 Å². The number of nitrogens with zero attached hydrogens (tertiary/aromatic N) is 1. The third-order valence-corrected chi connectivity index (χ3v) is 6.40. The summed E-state index contributed by atoms with van der Waals surface area (Å²) in [5, 5.41) is 1.09. The highest BCUT2D eigenvalue weighted by Gasteiger charge is 2.12. The van der Waals surface area contributed by atoms with Crippen LogP contribution >= 0.6 is 11.3 Å². The van der Waals surface area contributed by atoms with Crippen LogP contribution in [0, 0.1) is 5.92 Å². The molecule has 0 radical (unpaired) electrons. The average molecular weight is 384 g/mol. The van der Waals surface area contributed by atoms with E-state index in [1.165, 1.54) is 32.5 Å². The minimum atomic E-state index is 0.533. The Morgan fingerprint density at radius 3 is 2.57 bits per heavy atom. The van der Waals surface area contributed by atoms with Crippen LogP contribution in [-0.2, 0) is 6.42 Å². The lowest BCUT2D eigenvalue weighted by molar-refractivity contribution is 0.764. The van der Waals surface area contributed by atoms with Crippen molar-refractivity contribution < 1.29 is 0 Å². The number of aromatic nitrogens is 1. The molecule has 0 aliphatic heterocycles. The predicted octanol–water partition coefficient (Wildman–Crippen LogP) is 7.62. The van der Waals surface area contributed by atoms with E-state index in [2.05, 4.69) is 93.6 Å². The van der Waals surface area contributed by atoms with Crippen molar-refractivity contribution in [3.8, 4) is 10.6 Å². The topological polar surface area (TPSA) is 12.9 Å². The van der Waals surface area contributed by atoms with Gasteiger partial charge in [0, 0.05) is 5.56 Å². The maximum atomic E-state index is 5.03. The van der Waals surface area contributed by atoms with Crippen molar-refractivity contribution >= 4 is 27.6 Å². The summed E-state index contributed by atoms with van der Waals surface area (Å²) in [4.78, 5) is 5.03. The van der Waals surface area contributed by atoms with Crippen LogP contribution in [0.1, 0.15) is 31.9 Å². The van der Waals surface area contributed by atoms with Gasteiger partial charge in [-0.3, -0.25) is 0 Å². The molecule has 0 spiro atoms. The monoisotopic (exact) mass is 383 g/mol. The summed E-state index contributed by atoms with van der Waals surface area (Å²) in [6.07, 6.45) is 14.1. The molecule has 28 heavy (non-hydrogen) atoms. The fourth-order valence-corrected chi connectivity index (χ4v) is 4.39. The molecule has 140 valence electrons. The molecule has 1 aliphatic rings. The first-order valence-corrected chi connectivity index (χ1v) is 10.6. The van der Waals surface area contributed by atoms with Gasteiger partial charge >= 0.3 is 0 Å². The number of hydrogen-bond donors (Lipinski definition) is 0. The maximum Gasteiger partial charge on any atom is 0.124 e. The fraction of sp³-hybridized carbons (Fsp3) is 0.192. The highest BCUT2D eigenvalue weighted by Crippen LogP contribution is 2.34. The Morgan fingerprint density at radius 1 is 0.964 bits per heavy atom. The standard InChI is InChI=1S/C26H25NS/c1-18(2)19(3)20-10-6-5-9-13-23-21(15-14-20)16-17-24-25(23)27-26(28-24)22-11-7-4-8-12-22/h4-12,14-18H,13H2,1-3H3/b9-5-,10-6-,15-14?,20-19+. The zero-order chi connectivity index (χ0) is 19.5. The highest BCUT2D eigenvalue weighted by molar-refractivity contribution is 7.21. The van der Waals surface area contributed by atoms with Crippen LogP contribution < -0.4 is 0 Å². The number of fused-ring (bicyclic) bond motifs is 3. The molecule has 0 amide bonds. The zero-order valence-electron chi connectivity index (χ0n) is 16.6. The number of thiazole rings is 1. The van der Waals surface area contributed by atoms with E-state index in [-0.39, 0.29) is 0 Å². The van der Waals surface area contributed by atoms with Gasteiger partial charge in [0.15, 0.2) is 0 Å². The lowest BCUT2D eigenvalue weighted by Crippen LogP contribution is -1.94. The second kappa shape index (κ2) is 8.12. The second-order valence-electron chi connectivity index (χ2n) is 7.48. The third kappa shape index (κ3) is 3.79. The molecule has 4 rings (SSSR count). The Labute approximate surface area is 171 Å². The van der Waals surface area contributed by atoms with Gasteiger partial charge in [-0.1, -0.05) is 92.3 Å². The Morgan fingerprint density at radius 2 is 1.79 bits per heavy atom. The molecule has 0 N–H and O–H groups in total. The summed E-state index contributed by atoms with van der Waals surface area (Å²) >= 11 is 1.77. The Balaban J connectivity index is 1.84. The van der Waals surface area contributed by atoms with Gasteiger partial charge in [-0.2, -0.15) is 0 Å². The highest BCUT2D eigenvalue weighted by atomic mass is 32.1. The van der Waals surface area contributed by atoms with Crippen LogP contribution in [0.3, 0.4) is 0 Å². The van der Waals surface area contributed by atoms with Crippen molar-refractivity contribution in [2.45, 2.75) is 27.2 Å². The number of rotatable bonds is 2. The van der Waals surface area contributed by atoms with Crippen LogP contribution in [-0.4, -0.2) is 4.98 Å². The SMILES string of the molecule is C/C(=C1C=Cc2ccc3sc(-c4ccccc4)nc3c2C\C=C/C=C\1)C(C)C. The molecular formula is C26H25NS. The molecule has 0 bridgehead atoms. The van der Waals surface area contributed by atoms with Gasteiger partial charge in [-0.05, 0) is 42.0 Å². The van der Waals surface area contributed by atoms with Crippen molar-refractivity contribution in [3.63, 3.8) is 0 Å². The van der Waals surface area contributed by atoms with Crippen molar-refractivity contribution in [2.24, 2.45) is 5.92 Å². The largest absolute Gasteiger partial charge is 0.236 e. The molecular weight excluding hydrogens is 358 g/mol. The summed E-state index contributed by atoms with van der Waals surface area (Å²) < 4.78 is 1.25. The van der Waals surface area contributed by atoms with Crippen molar-refractivity contribution in [1.29, 1.82) is 0 Å². The molecule has 0 saturated heterocycles. The first kappa shape index (κ1) is 18.6. The van der Waals surface area contributed by atoms with Crippen molar-refractivity contribution in [1.82, 2.24) is 4.98 Å². The van der Waals surface area contributed by atoms with Gasteiger partial charge in [0.1, 0.15) is 5.01 Å². The van der Waals surface area contributed by atoms with Crippen LogP contribution in [0.15, 0.2) is 84.0 Å². The van der Waals surface area contributed by atoms with E-state index < -0.39 is 0 Å². The summed E-state index contributed by atoms with van der Waals surface area (Å²) in [7, 11) is 0. The smallest absolute Gasteiger partial charge is 0.124 e. The Bertz CT molecular complexity index is 1110. The molecule has 3 aromatic rings.